The van der Waals surface area contributed by atoms with Crippen LogP contribution in [-0.2, 0) is 0 Å². The third-order valence-electron chi connectivity index (χ3n) is 2.89. The van der Waals surface area contributed by atoms with Crippen LogP contribution in [0.15, 0.2) is 18.6 Å². The van der Waals surface area contributed by atoms with Gasteiger partial charge in [-0.1, -0.05) is 13.8 Å². The number of aromatic nitrogens is 2. The molecule has 0 spiro atoms. The number of rotatable bonds is 8. The molecule has 1 aromatic heterocycles. The molecule has 0 aliphatic carbocycles. The van der Waals surface area contributed by atoms with Crippen LogP contribution in [0.4, 0.5) is 0 Å². The monoisotopic (exact) mass is 236 g/mol. The number of nitrogens with zero attached hydrogens (tertiary/aromatic N) is 3. The largest absolute Gasteiger partial charge is 0.308 e. The van der Waals surface area contributed by atoms with Crippen LogP contribution >= 0.6 is 0 Å². The molecule has 1 aromatic rings. The van der Waals surface area contributed by atoms with E-state index >= 15 is 0 Å². The molecule has 4 heteroatoms. The minimum atomic E-state index is 0.268. The quantitative estimate of drug-likeness (QED) is 0.748. The van der Waals surface area contributed by atoms with Crippen molar-refractivity contribution < 1.29 is 0 Å². The normalized spacial score (nSPS) is 12.9. The minimum absolute atomic E-state index is 0.268. The number of nitrogens with one attached hydrogen (secondary N) is 1. The molecule has 17 heavy (non-hydrogen) atoms. The lowest BCUT2D eigenvalue weighted by molar-refractivity contribution is 0.283. The highest BCUT2D eigenvalue weighted by molar-refractivity contribution is 5.00. The molecule has 1 heterocycles. The van der Waals surface area contributed by atoms with Crippen LogP contribution in [0.3, 0.4) is 0 Å². The van der Waals surface area contributed by atoms with Crippen LogP contribution in [0.5, 0.6) is 0 Å². The van der Waals surface area contributed by atoms with E-state index in [-0.39, 0.29) is 6.04 Å². The van der Waals surface area contributed by atoms with Crippen LogP contribution in [0.25, 0.3) is 0 Å². The van der Waals surface area contributed by atoms with Crippen molar-refractivity contribution >= 4 is 0 Å². The van der Waals surface area contributed by atoms with Crippen molar-refractivity contribution in [3.05, 3.63) is 24.3 Å². The van der Waals surface area contributed by atoms with E-state index in [2.05, 4.69) is 41.0 Å². The Morgan fingerprint density at radius 1 is 1.29 bits per heavy atom. The first-order chi connectivity index (χ1) is 8.27. The Morgan fingerprint density at radius 3 is 2.71 bits per heavy atom. The molecule has 96 valence electrons. The standard InChI is InChI=1S/C13H24N4/c1-4-9-17(5-2)10-8-15-12(3)13-11-14-6-7-16-13/h6-7,11-12,15H,4-5,8-10H2,1-3H3. The van der Waals surface area contributed by atoms with E-state index < -0.39 is 0 Å². The second-order valence-corrected chi connectivity index (χ2v) is 4.24. The zero-order valence-corrected chi connectivity index (χ0v) is 11.2. The first-order valence-corrected chi connectivity index (χ1v) is 6.49. The van der Waals surface area contributed by atoms with E-state index in [9.17, 15) is 0 Å². The highest BCUT2D eigenvalue weighted by Crippen LogP contribution is 2.05. The van der Waals surface area contributed by atoms with Crippen molar-refractivity contribution in [2.75, 3.05) is 26.2 Å². The van der Waals surface area contributed by atoms with Gasteiger partial charge in [-0.15, -0.1) is 0 Å². The average Bonchev–Trinajstić information content (AvgIpc) is 2.38. The van der Waals surface area contributed by atoms with E-state index in [0.29, 0.717) is 0 Å². The average molecular weight is 236 g/mol. The fourth-order valence-electron chi connectivity index (χ4n) is 1.82. The molecule has 1 unspecified atom stereocenters. The highest BCUT2D eigenvalue weighted by atomic mass is 15.1. The molecule has 1 rings (SSSR count). The molecular weight excluding hydrogens is 212 g/mol. The van der Waals surface area contributed by atoms with Gasteiger partial charge in [-0.25, -0.2) is 0 Å². The summed E-state index contributed by atoms with van der Waals surface area (Å²) in [6.07, 6.45) is 6.48. The van der Waals surface area contributed by atoms with Crippen LogP contribution in [0.2, 0.25) is 0 Å². The van der Waals surface area contributed by atoms with E-state index in [4.69, 9.17) is 0 Å². The molecule has 0 fully saturated rings. The first-order valence-electron chi connectivity index (χ1n) is 6.49. The van der Waals surface area contributed by atoms with Crippen molar-refractivity contribution in [2.45, 2.75) is 33.2 Å². The summed E-state index contributed by atoms with van der Waals surface area (Å²) >= 11 is 0. The van der Waals surface area contributed by atoms with E-state index in [1.54, 1.807) is 12.4 Å². The fraction of sp³-hybridized carbons (Fsp3) is 0.692. The van der Waals surface area contributed by atoms with Gasteiger partial charge < -0.3 is 10.2 Å². The van der Waals surface area contributed by atoms with Crippen LogP contribution in [0.1, 0.15) is 38.9 Å². The maximum Gasteiger partial charge on any atom is 0.0753 e. The molecule has 0 saturated carbocycles. The van der Waals surface area contributed by atoms with Gasteiger partial charge in [0.1, 0.15) is 0 Å². The van der Waals surface area contributed by atoms with Gasteiger partial charge in [0, 0.05) is 37.7 Å². The summed E-state index contributed by atoms with van der Waals surface area (Å²) in [7, 11) is 0. The summed E-state index contributed by atoms with van der Waals surface area (Å²) in [5.74, 6) is 0. The van der Waals surface area contributed by atoms with Gasteiger partial charge >= 0.3 is 0 Å². The van der Waals surface area contributed by atoms with Gasteiger partial charge in [0.2, 0.25) is 0 Å². The molecule has 0 bridgehead atoms. The molecule has 0 aliphatic heterocycles. The molecule has 1 N–H and O–H groups in total. The van der Waals surface area contributed by atoms with Crippen LogP contribution in [0, 0.1) is 0 Å². The van der Waals surface area contributed by atoms with Gasteiger partial charge in [-0.2, -0.15) is 0 Å². The molecule has 0 amide bonds. The summed E-state index contributed by atoms with van der Waals surface area (Å²) in [5, 5.41) is 3.48. The third-order valence-corrected chi connectivity index (χ3v) is 2.89. The summed E-state index contributed by atoms with van der Waals surface area (Å²) in [6.45, 7) is 10.9. The smallest absolute Gasteiger partial charge is 0.0753 e. The Hall–Kier alpha value is -1.00. The highest BCUT2D eigenvalue weighted by Gasteiger charge is 2.06. The molecule has 4 nitrogen and oxygen atoms in total. The van der Waals surface area contributed by atoms with Gasteiger partial charge in [0.15, 0.2) is 0 Å². The van der Waals surface area contributed by atoms with Gasteiger partial charge in [0.25, 0.3) is 0 Å². The van der Waals surface area contributed by atoms with E-state index in [1.165, 1.54) is 13.0 Å². The van der Waals surface area contributed by atoms with Crippen molar-refractivity contribution in [1.82, 2.24) is 20.2 Å². The second-order valence-electron chi connectivity index (χ2n) is 4.24. The first kappa shape index (κ1) is 14.1. The number of hydrogen-bond donors (Lipinski definition) is 1. The Morgan fingerprint density at radius 2 is 2.12 bits per heavy atom. The van der Waals surface area contributed by atoms with E-state index in [1.807, 2.05) is 6.20 Å². The van der Waals surface area contributed by atoms with Crippen molar-refractivity contribution in [3.63, 3.8) is 0 Å². The van der Waals surface area contributed by atoms with Gasteiger partial charge in [0.05, 0.1) is 5.69 Å². The van der Waals surface area contributed by atoms with Crippen molar-refractivity contribution in [1.29, 1.82) is 0 Å². The lowest BCUT2D eigenvalue weighted by Crippen LogP contribution is -2.33. The Bertz CT molecular complexity index is 289. The molecule has 0 aliphatic rings. The maximum absolute atomic E-state index is 4.29. The van der Waals surface area contributed by atoms with Crippen LogP contribution < -0.4 is 5.32 Å². The van der Waals surface area contributed by atoms with Gasteiger partial charge in [-0.05, 0) is 26.4 Å². The predicted molar refractivity (Wildman–Crippen MR) is 70.9 cm³/mol. The topological polar surface area (TPSA) is 41.0 Å². The van der Waals surface area contributed by atoms with Gasteiger partial charge in [-0.3, -0.25) is 9.97 Å². The summed E-state index contributed by atoms with van der Waals surface area (Å²) in [6, 6.07) is 0.268. The van der Waals surface area contributed by atoms with Crippen molar-refractivity contribution in [2.24, 2.45) is 0 Å². The Balaban J connectivity index is 2.26. The van der Waals surface area contributed by atoms with Crippen LogP contribution in [-0.4, -0.2) is 41.0 Å². The molecule has 0 aromatic carbocycles. The second kappa shape index (κ2) is 8.14. The number of hydrogen-bond acceptors (Lipinski definition) is 4. The van der Waals surface area contributed by atoms with E-state index in [0.717, 1.165) is 25.3 Å². The summed E-state index contributed by atoms with van der Waals surface area (Å²) < 4.78 is 0. The SMILES string of the molecule is CCCN(CC)CCNC(C)c1cnccn1. The Kier molecular flexibility index (Phi) is 6.74. The molecule has 0 radical (unpaired) electrons. The lowest BCUT2D eigenvalue weighted by Gasteiger charge is -2.21. The zero-order chi connectivity index (χ0) is 12.5. The Labute approximate surface area is 104 Å². The van der Waals surface area contributed by atoms with Crippen molar-refractivity contribution in [3.8, 4) is 0 Å². The predicted octanol–water partition coefficient (Wildman–Crippen LogP) is 1.86. The lowest BCUT2D eigenvalue weighted by atomic mass is 10.2. The minimum Gasteiger partial charge on any atom is -0.308 e. The molecule has 1 atom stereocenters. The number of likely N-dealkylation sites (N-methyl/N-ethyl adjacent to an activating group) is 1. The summed E-state index contributed by atoms with van der Waals surface area (Å²) in [5.41, 5.74) is 1.01. The molecule has 0 saturated heterocycles. The third kappa shape index (κ3) is 5.24. The maximum atomic E-state index is 4.29. The zero-order valence-electron chi connectivity index (χ0n) is 11.2. The fourth-order valence-corrected chi connectivity index (χ4v) is 1.82. The summed E-state index contributed by atoms with van der Waals surface area (Å²) in [4.78, 5) is 10.8. The molecular formula is C13H24N4.